The van der Waals surface area contributed by atoms with Gasteiger partial charge in [-0.25, -0.2) is 4.79 Å². The molecule has 2 aromatic rings. The highest BCUT2D eigenvalue weighted by molar-refractivity contribution is 5.70. The molecule has 180 valence electrons. The Bertz CT molecular complexity index is 941. The Balaban J connectivity index is 1.62. The summed E-state index contributed by atoms with van der Waals surface area (Å²) >= 11 is 0. The lowest BCUT2D eigenvalue weighted by Gasteiger charge is -2.27. The maximum atomic E-state index is 12.3. The highest BCUT2D eigenvalue weighted by Gasteiger charge is 2.28. The minimum Gasteiger partial charge on any atom is -0.490 e. The summed E-state index contributed by atoms with van der Waals surface area (Å²) in [5.41, 5.74) is 2.12. The Hall–Kier alpha value is -3.07. The SMILES string of the molecule is COC(C)CN(C)C(=O)OCc1c(C)noc1-c1ccc(O[C@@H]2CCC[C@@H](C(=O)O)C2)cc1. The number of likely N-dealkylation sites (N-methyl/N-ethyl adjacent to an activating group) is 1. The van der Waals surface area contributed by atoms with Crippen LogP contribution < -0.4 is 4.74 Å². The summed E-state index contributed by atoms with van der Waals surface area (Å²) in [7, 11) is 3.25. The van der Waals surface area contributed by atoms with E-state index in [-0.39, 0.29) is 24.7 Å². The molecule has 33 heavy (non-hydrogen) atoms. The number of aliphatic carboxylic acids is 1. The van der Waals surface area contributed by atoms with E-state index in [0.717, 1.165) is 18.4 Å². The average Bonchev–Trinajstić information content (AvgIpc) is 3.18. The molecule has 1 saturated carbocycles. The van der Waals surface area contributed by atoms with Gasteiger partial charge in [-0.2, -0.15) is 0 Å². The normalized spacial score (nSPS) is 19.0. The van der Waals surface area contributed by atoms with E-state index in [2.05, 4.69) is 5.16 Å². The molecule has 1 aromatic heterocycles. The quantitative estimate of drug-likeness (QED) is 0.590. The molecule has 1 unspecified atom stereocenters. The van der Waals surface area contributed by atoms with Crippen molar-refractivity contribution >= 4 is 12.1 Å². The molecule has 0 bridgehead atoms. The zero-order valence-electron chi connectivity index (χ0n) is 19.6. The molecule has 1 aliphatic carbocycles. The van der Waals surface area contributed by atoms with Crippen LogP contribution in [0.1, 0.15) is 43.9 Å². The molecule has 0 spiro atoms. The molecule has 1 aliphatic rings. The first-order valence-corrected chi connectivity index (χ1v) is 11.1. The monoisotopic (exact) mass is 460 g/mol. The molecule has 1 amide bonds. The summed E-state index contributed by atoms with van der Waals surface area (Å²) < 4.78 is 22.1. The number of aryl methyl sites for hydroxylation is 1. The topological polar surface area (TPSA) is 111 Å². The van der Waals surface area contributed by atoms with Crippen LogP contribution in [0, 0.1) is 12.8 Å². The Morgan fingerprint density at radius 2 is 2.00 bits per heavy atom. The molecule has 1 aromatic carbocycles. The molecule has 9 nitrogen and oxygen atoms in total. The number of amides is 1. The van der Waals surface area contributed by atoms with Crippen molar-refractivity contribution in [2.45, 2.75) is 58.3 Å². The number of ether oxygens (including phenoxy) is 3. The van der Waals surface area contributed by atoms with E-state index in [1.165, 1.54) is 4.90 Å². The van der Waals surface area contributed by atoms with Gasteiger partial charge in [0.05, 0.1) is 29.4 Å². The van der Waals surface area contributed by atoms with Gasteiger partial charge < -0.3 is 28.7 Å². The van der Waals surface area contributed by atoms with Crippen LogP contribution in [-0.2, 0) is 20.9 Å². The van der Waals surface area contributed by atoms with Crippen LogP contribution in [0.2, 0.25) is 0 Å². The van der Waals surface area contributed by atoms with E-state index in [1.54, 1.807) is 21.1 Å². The van der Waals surface area contributed by atoms with Crippen molar-refractivity contribution in [2.24, 2.45) is 5.92 Å². The molecule has 0 aliphatic heterocycles. The van der Waals surface area contributed by atoms with Crippen molar-refractivity contribution in [1.82, 2.24) is 10.1 Å². The Labute approximate surface area is 193 Å². The third-order valence-corrected chi connectivity index (χ3v) is 5.96. The molecule has 9 heteroatoms. The summed E-state index contributed by atoms with van der Waals surface area (Å²) in [5.74, 6) is 0.102. The van der Waals surface area contributed by atoms with Gasteiger partial charge in [0, 0.05) is 26.3 Å². The minimum atomic E-state index is -0.757. The lowest BCUT2D eigenvalue weighted by Crippen LogP contribution is -2.34. The summed E-state index contributed by atoms with van der Waals surface area (Å²) in [6, 6.07) is 7.36. The number of carbonyl (C=O) groups excluding carboxylic acids is 1. The largest absolute Gasteiger partial charge is 0.490 e. The fourth-order valence-electron chi connectivity index (χ4n) is 3.92. The lowest BCUT2D eigenvalue weighted by atomic mass is 9.87. The predicted molar refractivity (Wildman–Crippen MR) is 120 cm³/mol. The second-order valence-electron chi connectivity index (χ2n) is 8.52. The number of carboxylic acid groups (broad SMARTS) is 1. The van der Waals surface area contributed by atoms with Gasteiger partial charge in [0.15, 0.2) is 5.76 Å². The summed E-state index contributed by atoms with van der Waals surface area (Å²) in [6.45, 7) is 4.12. The van der Waals surface area contributed by atoms with Gasteiger partial charge in [-0.1, -0.05) is 5.16 Å². The van der Waals surface area contributed by atoms with E-state index >= 15 is 0 Å². The maximum absolute atomic E-state index is 12.3. The number of aromatic nitrogens is 1. The Morgan fingerprint density at radius 3 is 2.67 bits per heavy atom. The van der Waals surface area contributed by atoms with E-state index in [0.29, 0.717) is 42.2 Å². The van der Waals surface area contributed by atoms with Gasteiger partial charge in [0.2, 0.25) is 0 Å². The van der Waals surface area contributed by atoms with Crippen molar-refractivity contribution in [3.63, 3.8) is 0 Å². The predicted octanol–water partition coefficient (Wildman–Crippen LogP) is 4.28. The molecule has 1 fully saturated rings. The molecule has 1 heterocycles. The van der Waals surface area contributed by atoms with Gasteiger partial charge in [-0.3, -0.25) is 4.79 Å². The smallest absolute Gasteiger partial charge is 0.409 e. The summed E-state index contributed by atoms with van der Waals surface area (Å²) in [5, 5.41) is 13.3. The Kier molecular flexibility index (Phi) is 8.32. The highest BCUT2D eigenvalue weighted by Crippen LogP contribution is 2.31. The minimum absolute atomic E-state index is 0.0338. The number of carboxylic acids is 1. The number of rotatable bonds is 9. The Morgan fingerprint density at radius 1 is 1.27 bits per heavy atom. The maximum Gasteiger partial charge on any atom is 0.409 e. The van der Waals surface area contributed by atoms with Crippen LogP contribution in [0.25, 0.3) is 11.3 Å². The van der Waals surface area contributed by atoms with Crippen molar-refractivity contribution < 1.29 is 33.4 Å². The number of benzene rings is 1. The number of hydrogen-bond donors (Lipinski definition) is 1. The first-order valence-electron chi connectivity index (χ1n) is 11.1. The first kappa shape index (κ1) is 24.6. The van der Waals surface area contributed by atoms with Crippen molar-refractivity contribution in [3.8, 4) is 17.1 Å². The molecular formula is C24H32N2O7. The first-order chi connectivity index (χ1) is 15.8. The fraction of sp³-hybridized carbons (Fsp3) is 0.542. The third kappa shape index (κ3) is 6.47. The molecular weight excluding hydrogens is 428 g/mol. The van der Waals surface area contributed by atoms with E-state index in [9.17, 15) is 14.7 Å². The third-order valence-electron chi connectivity index (χ3n) is 5.96. The van der Waals surface area contributed by atoms with E-state index in [4.69, 9.17) is 18.7 Å². The number of carbonyl (C=O) groups is 2. The lowest BCUT2D eigenvalue weighted by molar-refractivity contribution is -0.143. The molecule has 3 rings (SSSR count). The number of nitrogens with zero attached hydrogens (tertiary/aromatic N) is 2. The van der Waals surface area contributed by atoms with Crippen molar-refractivity contribution in [2.75, 3.05) is 20.7 Å². The second-order valence-corrected chi connectivity index (χ2v) is 8.52. The van der Waals surface area contributed by atoms with Gasteiger partial charge in [0.1, 0.15) is 12.4 Å². The molecule has 0 radical (unpaired) electrons. The zero-order valence-corrected chi connectivity index (χ0v) is 19.6. The summed E-state index contributed by atoms with van der Waals surface area (Å²) in [4.78, 5) is 25.0. The van der Waals surface area contributed by atoms with Gasteiger partial charge in [0.25, 0.3) is 0 Å². The van der Waals surface area contributed by atoms with Crippen molar-refractivity contribution in [3.05, 3.63) is 35.5 Å². The van der Waals surface area contributed by atoms with Crippen LogP contribution in [-0.4, -0.2) is 60.1 Å². The van der Waals surface area contributed by atoms with Crippen molar-refractivity contribution in [1.29, 1.82) is 0 Å². The van der Waals surface area contributed by atoms with Crippen LogP contribution in [0.3, 0.4) is 0 Å². The number of hydrogen-bond acceptors (Lipinski definition) is 7. The highest BCUT2D eigenvalue weighted by atomic mass is 16.6. The van der Waals surface area contributed by atoms with Gasteiger partial charge in [-0.05, 0) is 63.8 Å². The van der Waals surface area contributed by atoms with E-state index in [1.807, 2.05) is 31.2 Å². The van der Waals surface area contributed by atoms with Crippen LogP contribution in [0.4, 0.5) is 4.79 Å². The summed E-state index contributed by atoms with van der Waals surface area (Å²) in [6.07, 6.45) is 2.25. The van der Waals surface area contributed by atoms with Gasteiger partial charge >= 0.3 is 12.1 Å². The average molecular weight is 461 g/mol. The standard InChI is InChI=1S/C24H32N2O7/c1-15(30-4)13-26(3)24(29)31-14-21-16(2)25-33-22(21)17-8-10-19(11-9-17)32-20-7-5-6-18(12-20)23(27)28/h8-11,15,18,20H,5-7,12-14H2,1-4H3,(H,27,28)/t15?,18-,20-/m1/s1. The molecule has 0 saturated heterocycles. The zero-order chi connectivity index (χ0) is 24.0. The van der Waals surface area contributed by atoms with Crippen LogP contribution in [0.15, 0.2) is 28.8 Å². The second kappa shape index (κ2) is 11.2. The fourth-order valence-corrected chi connectivity index (χ4v) is 3.92. The molecule has 3 atom stereocenters. The molecule has 1 N–H and O–H groups in total. The van der Waals surface area contributed by atoms with Crippen LogP contribution >= 0.6 is 0 Å². The van der Waals surface area contributed by atoms with E-state index < -0.39 is 12.1 Å². The van der Waals surface area contributed by atoms with Crippen LogP contribution in [0.5, 0.6) is 5.75 Å². The van der Waals surface area contributed by atoms with Gasteiger partial charge in [-0.15, -0.1) is 0 Å². The number of methoxy groups -OCH3 is 1.